The largest absolute Gasteiger partial charge is 0.488 e. The smallest absolute Gasteiger partial charge is 0.358 e. The third-order valence-electron chi connectivity index (χ3n) is 2.14. The molecule has 1 aromatic heterocycles. The molecule has 92 valence electrons. The highest BCUT2D eigenvalue weighted by molar-refractivity contribution is 7.89. The van der Waals surface area contributed by atoms with Crippen molar-refractivity contribution < 1.29 is 23.1 Å². The van der Waals surface area contributed by atoms with Gasteiger partial charge in [0.05, 0.1) is 6.10 Å². The maximum Gasteiger partial charge on any atom is 0.358 e. The summed E-state index contributed by atoms with van der Waals surface area (Å²) in [5.41, 5.74) is -0.441. The van der Waals surface area contributed by atoms with Crippen LogP contribution in [0.4, 0.5) is 0 Å². The van der Waals surface area contributed by atoms with Crippen LogP contribution in [-0.2, 0) is 10.0 Å². The fourth-order valence-electron chi connectivity index (χ4n) is 1.20. The predicted octanol–water partition coefficient (Wildman–Crippen LogP) is -0.0316. The van der Waals surface area contributed by atoms with Crippen molar-refractivity contribution in [2.45, 2.75) is 24.0 Å². The minimum Gasteiger partial charge on any atom is -0.488 e. The molecule has 3 N–H and O–H groups in total. The maximum atomic E-state index is 11.0. The zero-order valence-corrected chi connectivity index (χ0v) is 9.48. The number of nitrogens with two attached hydrogens (primary N) is 1. The first kappa shape index (κ1) is 11.8. The van der Waals surface area contributed by atoms with Crippen molar-refractivity contribution in [3.8, 4) is 5.75 Å². The van der Waals surface area contributed by atoms with Gasteiger partial charge in [-0.3, -0.25) is 0 Å². The topological polar surface area (TPSA) is 120 Å². The Kier molecular flexibility index (Phi) is 2.76. The number of sulfonamides is 1. The molecule has 17 heavy (non-hydrogen) atoms. The van der Waals surface area contributed by atoms with Gasteiger partial charge in [0, 0.05) is 0 Å². The van der Waals surface area contributed by atoms with Crippen molar-refractivity contribution in [1.29, 1.82) is 0 Å². The van der Waals surface area contributed by atoms with Crippen LogP contribution in [0.15, 0.2) is 17.2 Å². The molecule has 0 aliphatic heterocycles. The summed E-state index contributed by atoms with van der Waals surface area (Å²) in [6.45, 7) is 0. The Bertz CT molecular complexity index is 565. The Morgan fingerprint density at radius 2 is 2.12 bits per heavy atom. The molecule has 7 nitrogen and oxygen atoms in total. The Labute approximate surface area is 97.3 Å². The fourth-order valence-corrected chi connectivity index (χ4v) is 1.68. The van der Waals surface area contributed by atoms with Crippen molar-refractivity contribution in [2.75, 3.05) is 0 Å². The van der Waals surface area contributed by atoms with Crippen molar-refractivity contribution in [3.05, 3.63) is 17.8 Å². The second kappa shape index (κ2) is 3.97. The molecule has 0 aromatic carbocycles. The third kappa shape index (κ3) is 2.71. The number of nitrogens with zero attached hydrogens (tertiary/aromatic N) is 1. The van der Waals surface area contributed by atoms with E-state index in [1.807, 2.05) is 0 Å². The molecule has 0 radical (unpaired) electrons. The van der Waals surface area contributed by atoms with E-state index in [0.717, 1.165) is 18.9 Å². The Morgan fingerprint density at radius 3 is 2.59 bits per heavy atom. The van der Waals surface area contributed by atoms with Crippen LogP contribution >= 0.6 is 0 Å². The van der Waals surface area contributed by atoms with Crippen LogP contribution in [0.5, 0.6) is 5.75 Å². The van der Waals surface area contributed by atoms with Crippen molar-refractivity contribution in [3.63, 3.8) is 0 Å². The van der Waals surface area contributed by atoms with Crippen LogP contribution in [0.25, 0.3) is 0 Å². The first-order valence-corrected chi connectivity index (χ1v) is 6.36. The van der Waals surface area contributed by atoms with E-state index >= 15 is 0 Å². The lowest BCUT2D eigenvalue weighted by molar-refractivity contribution is 0.0684. The molecule has 1 heterocycles. The number of carboxylic acid groups (broad SMARTS) is 1. The first-order chi connectivity index (χ1) is 7.88. The summed E-state index contributed by atoms with van der Waals surface area (Å²) < 4.78 is 27.4. The number of carbonyl (C=O) groups is 1. The molecule has 1 saturated carbocycles. The van der Waals surface area contributed by atoms with Gasteiger partial charge in [-0.15, -0.1) is 0 Å². The van der Waals surface area contributed by atoms with Gasteiger partial charge in [0.25, 0.3) is 10.0 Å². The van der Waals surface area contributed by atoms with Crippen LogP contribution in [0.1, 0.15) is 23.3 Å². The van der Waals surface area contributed by atoms with E-state index in [1.165, 1.54) is 6.07 Å². The van der Waals surface area contributed by atoms with Crippen LogP contribution in [0, 0.1) is 0 Å². The van der Waals surface area contributed by atoms with Gasteiger partial charge >= 0.3 is 5.97 Å². The van der Waals surface area contributed by atoms with Gasteiger partial charge in [-0.05, 0) is 25.0 Å². The first-order valence-electron chi connectivity index (χ1n) is 4.82. The average Bonchev–Trinajstić information content (AvgIpc) is 3.00. The molecule has 8 heteroatoms. The fraction of sp³-hybridized carbons (Fsp3) is 0.333. The highest BCUT2D eigenvalue weighted by Crippen LogP contribution is 2.29. The normalized spacial score (nSPS) is 15.6. The number of aromatic carboxylic acids is 1. The van der Waals surface area contributed by atoms with Gasteiger partial charge in [0.1, 0.15) is 0 Å². The number of hydrogen-bond acceptors (Lipinski definition) is 5. The van der Waals surface area contributed by atoms with Gasteiger partial charge in [0.2, 0.25) is 0 Å². The van der Waals surface area contributed by atoms with E-state index in [-0.39, 0.29) is 11.9 Å². The molecule has 0 unspecified atom stereocenters. The van der Waals surface area contributed by atoms with Gasteiger partial charge < -0.3 is 9.84 Å². The molecule has 1 aliphatic carbocycles. The predicted molar refractivity (Wildman–Crippen MR) is 56.2 cm³/mol. The summed E-state index contributed by atoms with van der Waals surface area (Å²) in [5, 5.41) is 13.3. The van der Waals surface area contributed by atoms with E-state index < -0.39 is 26.7 Å². The van der Waals surface area contributed by atoms with Crippen LogP contribution in [0.2, 0.25) is 0 Å². The zero-order chi connectivity index (χ0) is 12.6. The van der Waals surface area contributed by atoms with Gasteiger partial charge in [-0.2, -0.15) is 0 Å². The van der Waals surface area contributed by atoms with Crippen molar-refractivity contribution in [2.24, 2.45) is 5.14 Å². The Morgan fingerprint density at radius 1 is 1.47 bits per heavy atom. The van der Waals surface area contributed by atoms with Crippen molar-refractivity contribution >= 4 is 16.0 Å². The van der Waals surface area contributed by atoms with Crippen LogP contribution < -0.4 is 9.88 Å². The SMILES string of the molecule is NS(=O)(=O)c1ccc(OC2CC2)c(C(=O)O)n1. The minimum absolute atomic E-state index is 0.00441. The molecule has 1 fully saturated rings. The van der Waals surface area contributed by atoms with Gasteiger partial charge in [-0.1, -0.05) is 0 Å². The highest BCUT2D eigenvalue weighted by Gasteiger charge is 2.27. The zero-order valence-electron chi connectivity index (χ0n) is 8.66. The van der Waals surface area contributed by atoms with Gasteiger partial charge in [-0.25, -0.2) is 23.3 Å². The van der Waals surface area contributed by atoms with Crippen LogP contribution in [0.3, 0.4) is 0 Å². The molecule has 0 amide bonds. The molecular weight excluding hydrogens is 248 g/mol. The average molecular weight is 258 g/mol. The number of rotatable bonds is 4. The van der Waals surface area contributed by atoms with E-state index in [4.69, 9.17) is 15.0 Å². The van der Waals surface area contributed by atoms with Crippen LogP contribution in [-0.4, -0.2) is 30.6 Å². The molecule has 0 atom stereocenters. The molecule has 0 bridgehead atoms. The second-order valence-electron chi connectivity index (χ2n) is 3.66. The lowest BCUT2D eigenvalue weighted by Gasteiger charge is -2.08. The number of pyridine rings is 1. The Hall–Kier alpha value is -1.67. The standard InChI is InChI=1S/C9H10N2O5S/c10-17(14,15)7-4-3-6(16-5-1-2-5)8(11-7)9(12)13/h3-5H,1-2H2,(H,12,13)(H2,10,14,15). The number of ether oxygens (including phenoxy) is 1. The molecule has 0 spiro atoms. The van der Waals surface area contributed by atoms with E-state index in [2.05, 4.69) is 4.98 Å². The summed E-state index contributed by atoms with van der Waals surface area (Å²) in [6.07, 6.45) is 1.71. The summed E-state index contributed by atoms with van der Waals surface area (Å²) >= 11 is 0. The summed E-state index contributed by atoms with van der Waals surface area (Å²) in [5.74, 6) is -1.29. The lowest BCUT2D eigenvalue weighted by Crippen LogP contribution is -2.16. The number of carboxylic acids is 1. The van der Waals surface area contributed by atoms with Crippen molar-refractivity contribution in [1.82, 2.24) is 4.98 Å². The number of primary sulfonamides is 1. The quantitative estimate of drug-likeness (QED) is 0.782. The van der Waals surface area contributed by atoms with E-state index in [9.17, 15) is 13.2 Å². The summed E-state index contributed by atoms with van der Waals surface area (Å²) in [6, 6.07) is 2.38. The third-order valence-corrected chi connectivity index (χ3v) is 2.96. The Balaban J connectivity index is 2.43. The molecule has 1 aromatic rings. The summed E-state index contributed by atoms with van der Waals surface area (Å²) in [4.78, 5) is 14.4. The molecular formula is C9H10N2O5S. The molecule has 0 saturated heterocycles. The number of aromatic nitrogens is 1. The highest BCUT2D eigenvalue weighted by atomic mass is 32.2. The molecule has 1 aliphatic rings. The minimum atomic E-state index is -4.02. The van der Waals surface area contributed by atoms with E-state index in [0.29, 0.717) is 0 Å². The lowest BCUT2D eigenvalue weighted by atomic mass is 10.3. The molecule has 2 rings (SSSR count). The summed E-state index contributed by atoms with van der Waals surface area (Å²) in [7, 11) is -4.02. The van der Waals surface area contributed by atoms with Gasteiger partial charge in [0.15, 0.2) is 16.5 Å². The second-order valence-corrected chi connectivity index (χ2v) is 5.17. The monoisotopic (exact) mass is 258 g/mol. The maximum absolute atomic E-state index is 11.0. The number of hydrogen-bond donors (Lipinski definition) is 2. The van der Waals surface area contributed by atoms with E-state index in [1.54, 1.807) is 0 Å².